The summed E-state index contributed by atoms with van der Waals surface area (Å²) in [5, 5.41) is 0. The van der Waals surface area contributed by atoms with Crippen LogP contribution in [-0.4, -0.2) is 0 Å². The van der Waals surface area contributed by atoms with Crippen molar-refractivity contribution in [3.8, 4) is 11.1 Å². The van der Waals surface area contributed by atoms with Gasteiger partial charge in [-0.25, -0.2) is 4.39 Å². The molecule has 2 aromatic carbocycles. The summed E-state index contributed by atoms with van der Waals surface area (Å²) >= 11 is 2.01. The van der Waals surface area contributed by atoms with Gasteiger partial charge in [0.05, 0.1) is 0 Å². The smallest absolute Gasteiger partial charge is 0.137 e. The number of hydrogen-bond acceptors (Lipinski definition) is 0. The van der Waals surface area contributed by atoms with Gasteiger partial charge in [-0.15, -0.1) is 0 Å². The van der Waals surface area contributed by atoms with Crippen molar-refractivity contribution in [2.75, 3.05) is 0 Å². The molecule has 0 aliphatic heterocycles. The normalized spacial score (nSPS) is 10.6. The Kier molecular flexibility index (Phi) is 4.75. The molecular weight excluding hydrogens is 338 g/mol. The van der Waals surface area contributed by atoms with Crippen LogP contribution in [0.15, 0.2) is 42.5 Å². The number of hydrogen-bond donors (Lipinski definition) is 0. The molecule has 0 saturated heterocycles. The second kappa shape index (κ2) is 6.32. The van der Waals surface area contributed by atoms with Crippen molar-refractivity contribution in [3.05, 3.63) is 57.4 Å². The zero-order valence-corrected chi connectivity index (χ0v) is 12.6. The Morgan fingerprint density at radius 3 is 2.28 bits per heavy atom. The molecule has 0 atom stereocenters. The van der Waals surface area contributed by atoms with Gasteiger partial charge in [0, 0.05) is 3.57 Å². The summed E-state index contributed by atoms with van der Waals surface area (Å²) in [5.74, 6) is -0.150. The molecule has 0 unspecified atom stereocenters. The van der Waals surface area contributed by atoms with E-state index in [-0.39, 0.29) is 5.82 Å². The van der Waals surface area contributed by atoms with Crippen LogP contribution in [-0.2, 0) is 6.42 Å². The summed E-state index contributed by atoms with van der Waals surface area (Å²) in [6.07, 6.45) is 3.55. The lowest BCUT2D eigenvalue weighted by atomic mass is 10.0. The Hall–Kier alpha value is -0.900. The van der Waals surface area contributed by atoms with Crippen LogP contribution in [0.1, 0.15) is 25.3 Å². The fraction of sp³-hybridized carbons (Fsp3) is 0.250. The molecule has 2 aromatic rings. The Bertz CT molecular complexity index is 517. The fourth-order valence-electron chi connectivity index (χ4n) is 1.92. The monoisotopic (exact) mass is 354 g/mol. The van der Waals surface area contributed by atoms with Gasteiger partial charge in [0.25, 0.3) is 0 Å². The number of benzene rings is 2. The summed E-state index contributed by atoms with van der Waals surface area (Å²) in [5.41, 5.74) is 3.37. The van der Waals surface area contributed by atoms with E-state index >= 15 is 0 Å². The maximum absolute atomic E-state index is 13.5. The highest BCUT2D eigenvalue weighted by atomic mass is 127. The molecule has 0 heterocycles. The maximum Gasteiger partial charge on any atom is 0.137 e. The second-order valence-corrected chi connectivity index (χ2v) is 5.59. The van der Waals surface area contributed by atoms with E-state index in [4.69, 9.17) is 0 Å². The average molecular weight is 354 g/mol. The Balaban J connectivity index is 2.20. The first-order valence-corrected chi connectivity index (χ1v) is 7.33. The van der Waals surface area contributed by atoms with Gasteiger partial charge in [0.1, 0.15) is 5.82 Å². The lowest BCUT2D eigenvalue weighted by molar-refractivity contribution is 0.621. The quantitative estimate of drug-likeness (QED) is 0.642. The highest BCUT2D eigenvalue weighted by Gasteiger charge is 2.03. The molecule has 2 heteroatoms. The van der Waals surface area contributed by atoms with Crippen LogP contribution in [0, 0.1) is 9.39 Å². The van der Waals surface area contributed by atoms with Gasteiger partial charge in [-0.3, -0.25) is 0 Å². The minimum Gasteiger partial charge on any atom is -0.206 e. The van der Waals surface area contributed by atoms with Gasteiger partial charge in [-0.05, 0) is 64.3 Å². The van der Waals surface area contributed by atoms with Gasteiger partial charge in [0.2, 0.25) is 0 Å². The fourth-order valence-corrected chi connectivity index (χ4v) is 2.26. The summed E-state index contributed by atoms with van der Waals surface area (Å²) in [6.45, 7) is 2.20. The van der Waals surface area contributed by atoms with E-state index in [9.17, 15) is 4.39 Å². The van der Waals surface area contributed by atoms with Crippen molar-refractivity contribution >= 4 is 22.6 Å². The van der Waals surface area contributed by atoms with Crippen LogP contribution in [0.3, 0.4) is 0 Å². The standard InChI is InChI=1S/C16H16FI/c1-2-3-4-12-5-7-13(8-6-12)14-9-10-16(18)15(17)11-14/h5-11H,2-4H2,1H3. The molecule has 0 aliphatic carbocycles. The molecule has 0 fully saturated rings. The van der Waals surface area contributed by atoms with E-state index in [0.29, 0.717) is 3.57 Å². The summed E-state index contributed by atoms with van der Waals surface area (Å²) in [7, 11) is 0. The molecule has 0 aliphatic rings. The third kappa shape index (κ3) is 3.31. The minimum atomic E-state index is -0.150. The second-order valence-electron chi connectivity index (χ2n) is 4.43. The van der Waals surface area contributed by atoms with E-state index in [1.165, 1.54) is 18.4 Å². The van der Waals surface area contributed by atoms with Crippen molar-refractivity contribution in [1.29, 1.82) is 0 Å². The number of unbranched alkanes of at least 4 members (excludes halogenated alkanes) is 1. The molecule has 0 bridgehead atoms. The number of halogens is 2. The lowest BCUT2D eigenvalue weighted by Gasteiger charge is -2.05. The summed E-state index contributed by atoms with van der Waals surface area (Å²) in [6, 6.07) is 13.8. The van der Waals surface area contributed by atoms with Crippen LogP contribution in [0.2, 0.25) is 0 Å². The van der Waals surface area contributed by atoms with E-state index < -0.39 is 0 Å². The maximum atomic E-state index is 13.5. The number of aryl methyl sites for hydroxylation is 1. The molecule has 0 N–H and O–H groups in total. The lowest BCUT2D eigenvalue weighted by Crippen LogP contribution is -1.87. The SMILES string of the molecule is CCCCc1ccc(-c2ccc(I)c(F)c2)cc1. The highest BCUT2D eigenvalue weighted by molar-refractivity contribution is 14.1. The Morgan fingerprint density at radius 2 is 1.67 bits per heavy atom. The highest BCUT2D eigenvalue weighted by Crippen LogP contribution is 2.23. The minimum absolute atomic E-state index is 0.150. The van der Waals surface area contributed by atoms with E-state index in [1.807, 2.05) is 34.7 Å². The first kappa shape index (κ1) is 13.5. The molecule has 94 valence electrons. The molecule has 2 rings (SSSR count). The number of rotatable bonds is 4. The largest absolute Gasteiger partial charge is 0.206 e. The third-order valence-corrected chi connectivity index (χ3v) is 3.90. The van der Waals surface area contributed by atoms with Crippen LogP contribution >= 0.6 is 22.6 Å². The van der Waals surface area contributed by atoms with Gasteiger partial charge in [-0.2, -0.15) is 0 Å². The summed E-state index contributed by atoms with van der Waals surface area (Å²) < 4.78 is 14.2. The van der Waals surface area contributed by atoms with Gasteiger partial charge >= 0.3 is 0 Å². The molecule has 0 amide bonds. The van der Waals surface area contributed by atoms with Crippen molar-refractivity contribution < 1.29 is 4.39 Å². The van der Waals surface area contributed by atoms with E-state index in [1.54, 1.807) is 6.07 Å². The van der Waals surface area contributed by atoms with E-state index in [0.717, 1.165) is 17.5 Å². The third-order valence-electron chi connectivity index (χ3n) is 3.03. The van der Waals surface area contributed by atoms with Crippen LogP contribution < -0.4 is 0 Å². The molecular formula is C16H16FI. The summed E-state index contributed by atoms with van der Waals surface area (Å²) in [4.78, 5) is 0. The van der Waals surface area contributed by atoms with Crippen LogP contribution in [0.5, 0.6) is 0 Å². The predicted octanol–water partition coefficient (Wildman–Crippen LogP) is 5.44. The molecule has 18 heavy (non-hydrogen) atoms. The van der Waals surface area contributed by atoms with Gasteiger partial charge < -0.3 is 0 Å². The average Bonchev–Trinajstić information content (AvgIpc) is 2.40. The Labute approximate surface area is 121 Å². The van der Waals surface area contributed by atoms with Gasteiger partial charge in [-0.1, -0.05) is 43.7 Å². The van der Waals surface area contributed by atoms with Crippen molar-refractivity contribution in [3.63, 3.8) is 0 Å². The molecule has 0 saturated carbocycles. The molecule has 0 aromatic heterocycles. The molecule has 0 spiro atoms. The zero-order chi connectivity index (χ0) is 13.0. The Morgan fingerprint density at radius 1 is 1.00 bits per heavy atom. The predicted molar refractivity (Wildman–Crippen MR) is 83.2 cm³/mol. The topological polar surface area (TPSA) is 0 Å². The molecule has 0 radical (unpaired) electrons. The first-order valence-electron chi connectivity index (χ1n) is 6.25. The van der Waals surface area contributed by atoms with Crippen molar-refractivity contribution in [2.24, 2.45) is 0 Å². The van der Waals surface area contributed by atoms with Crippen molar-refractivity contribution in [1.82, 2.24) is 0 Å². The van der Waals surface area contributed by atoms with E-state index in [2.05, 4.69) is 31.2 Å². The first-order chi connectivity index (χ1) is 8.70. The van der Waals surface area contributed by atoms with Crippen LogP contribution in [0.4, 0.5) is 4.39 Å². The van der Waals surface area contributed by atoms with Crippen LogP contribution in [0.25, 0.3) is 11.1 Å². The van der Waals surface area contributed by atoms with Gasteiger partial charge in [0.15, 0.2) is 0 Å². The van der Waals surface area contributed by atoms with Crippen molar-refractivity contribution in [2.45, 2.75) is 26.2 Å². The molecule has 0 nitrogen and oxygen atoms in total. The zero-order valence-electron chi connectivity index (χ0n) is 10.4.